The minimum absolute atomic E-state index is 0.0240. The van der Waals surface area contributed by atoms with Crippen LogP contribution in [-0.2, 0) is 30.6 Å². The Morgan fingerprint density at radius 1 is 1.20 bits per heavy atom. The van der Waals surface area contributed by atoms with Gasteiger partial charge >= 0.3 is 11.9 Å². The first-order valence-electron chi connectivity index (χ1n) is 17.1. The number of fused-ring (bicyclic) bond motifs is 1. The number of nitrogens with one attached hydrogen (secondary N) is 3. The summed E-state index contributed by atoms with van der Waals surface area (Å²) >= 11 is 2.37. The van der Waals surface area contributed by atoms with Gasteiger partial charge in [0.2, 0.25) is 5.60 Å². The van der Waals surface area contributed by atoms with Crippen LogP contribution in [-0.4, -0.2) is 102 Å². The van der Waals surface area contributed by atoms with Crippen LogP contribution in [0.4, 0.5) is 11.5 Å². The van der Waals surface area contributed by atoms with Gasteiger partial charge < -0.3 is 52.7 Å². The molecule has 1 fully saturated rings. The number of carbonyl (C=O) groups excluding carboxylic acids is 3. The Labute approximate surface area is 329 Å². The van der Waals surface area contributed by atoms with E-state index in [0.29, 0.717) is 16.3 Å². The highest BCUT2D eigenvalue weighted by Gasteiger charge is 2.54. The van der Waals surface area contributed by atoms with Gasteiger partial charge in [-0.15, -0.1) is 11.8 Å². The van der Waals surface area contributed by atoms with Crippen LogP contribution in [0, 0.1) is 0 Å². The molecule has 0 radical (unpaired) electrons. The number of hydrogen-bond acceptors (Lipinski definition) is 15. The number of aromatic nitrogens is 2. The molecule has 300 valence electrons. The smallest absolute Gasteiger partial charge is 0.352 e. The Kier molecular flexibility index (Phi) is 14.2. The fourth-order valence-corrected chi connectivity index (χ4v) is 7.08. The molecule has 0 bridgehead atoms. The van der Waals surface area contributed by atoms with Gasteiger partial charge in [-0.25, -0.2) is 14.2 Å². The minimum atomic E-state index is -1.78. The van der Waals surface area contributed by atoms with E-state index in [9.17, 15) is 44.4 Å². The van der Waals surface area contributed by atoms with Crippen molar-refractivity contribution in [1.82, 2.24) is 20.5 Å². The highest BCUT2D eigenvalue weighted by molar-refractivity contribution is 8.05. The number of anilines is 2. The number of thioether (sulfide) groups is 2. The Bertz CT molecular complexity index is 2020. The van der Waals surface area contributed by atoms with Crippen LogP contribution in [0.25, 0.3) is 0 Å². The predicted octanol–water partition coefficient (Wildman–Crippen LogP) is 1.42. The lowest BCUT2D eigenvalue weighted by Crippen LogP contribution is -2.71. The molecule has 3 amide bonds. The van der Waals surface area contributed by atoms with Gasteiger partial charge in [-0.3, -0.25) is 19.3 Å². The first-order chi connectivity index (χ1) is 26.4. The Hall–Kier alpha value is -5.96. The third-order valence-corrected chi connectivity index (χ3v) is 10.5. The summed E-state index contributed by atoms with van der Waals surface area (Å²) in [7, 11) is 0. The monoisotopic (exact) mass is 814 g/mol. The maximum atomic E-state index is 13.6. The molecule has 11 N–H and O–H groups in total. The number of allylic oxidation sites excluding steroid dienone is 1. The first-order valence-corrected chi connectivity index (χ1v) is 19.1. The average molecular weight is 815 g/mol. The number of phenols is 2. The first kappa shape index (κ1) is 42.8. The van der Waals surface area contributed by atoms with Crippen LogP contribution >= 0.6 is 23.5 Å². The summed E-state index contributed by atoms with van der Waals surface area (Å²) < 4.78 is 1.58. The van der Waals surface area contributed by atoms with E-state index in [1.165, 1.54) is 44.1 Å². The number of carboxylic acids is 2. The number of aromatic hydroxyl groups is 2. The molecule has 1 aromatic carbocycles. The quantitative estimate of drug-likeness (QED) is 0.0257. The van der Waals surface area contributed by atoms with E-state index >= 15 is 0 Å². The van der Waals surface area contributed by atoms with Crippen molar-refractivity contribution in [1.29, 1.82) is 0 Å². The molecule has 0 saturated carbocycles. The van der Waals surface area contributed by atoms with E-state index in [2.05, 4.69) is 26.1 Å². The third-order valence-electron chi connectivity index (χ3n) is 8.26. The number of oxime groups is 1. The number of nitrogen functional groups attached to an aromatic ring is 1. The van der Waals surface area contributed by atoms with Crippen molar-refractivity contribution >= 4 is 70.4 Å². The second kappa shape index (κ2) is 18.6. The molecule has 4 rings (SSSR count). The Morgan fingerprint density at radius 2 is 1.93 bits per heavy atom. The summed E-state index contributed by atoms with van der Waals surface area (Å²) in [6.07, 6.45) is 6.44. The second-order valence-corrected chi connectivity index (χ2v) is 15.1. The van der Waals surface area contributed by atoms with Crippen molar-refractivity contribution in [3.05, 3.63) is 69.6 Å². The fraction of sp³-hybridized carbons (Fsp3) is 0.371. The molecule has 0 spiro atoms. The summed E-state index contributed by atoms with van der Waals surface area (Å²) in [5, 5.41) is 52.2. The van der Waals surface area contributed by atoms with Gasteiger partial charge in [-0.05, 0) is 61.4 Å². The number of hydrogen-bond donors (Lipinski definition) is 9. The van der Waals surface area contributed by atoms with E-state index in [0.717, 1.165) is 35.6 Å². The predicted molar refractivity (Wildman–Crippen MR) is 208 cm³/mol. The number of nitrogens with zero attached hydrogens (tertiary/aromatic N) is 4. The van der Waals surface area contributed by atoms with E-state index in [1.807, 2.05) is 13.0 Å². The molecule has 0 aliphatic carbocycles. The van der Waals surface area contributed by atoms with Crippen LogP contribution in [0.5, 0.6) is 11.5 Å². The zero-order chi connectivity index (χ0) is 41.3. The van der Waals surface area contributed by atoms with E-state index in [1.54, 1.807) is 23.1 Å². The van der Waals surface area contributed by atoms with E-state index < -0.39 is 52.4 Å². The summed E-state index contributed by atoms with van der Waals surface area (Å²) in [5.74, 6) is -5.14. The lowest BCUT2D eigenvalue weighted by Gasteiger charge is -2.49. The standard InChI is InChI=1S/C35H43N9O10S2/c1-5-6-7-24(36)55-15-18(2)25(42-54-35(3,4)34(52)53)30(48)41-26-31(49)44-27(33(50)51)20(16-56-32(26)44)13-43-14-21(28(37)40-17-43)38-10-11-39-29(47)19-8-9-22(45)23(46)12-19/h7-9,12,14-15,17,26,32,37-38H,5-6,10-11,13,16,36H2,1-4H3,(H6,39,41,42,45,46,47,48,50,51,52,53)/p+1/b18-15+,24-7+/t26-,32?/m1/s1. The van der Waals surface area contributed by atoms with Crippen molar-refractivity contribution in [3.8, 4) is 11.5 Å². The van der Waals surface area contributed by atoms with Crippen molar-refractivity contribution in [3.63, 3.8) is 0 Å². The van der Waals surface area contributed by atoms with E-state index in [-0.39, 0.29) is 59.5 Å². The second-order valence-electron chi connectivity index (χ2n) is 13.0. The normalized spacial score (nSPS) is 17.5. The highest BCUT2D eigenvalue weighted by atomic mass is 32.2. The Balaban J connectivity index is 1.45. The Morgan fingerprint density at radius 3 is 2.59 bits per heavy atom. The number of phenolic OH excluding ortho intramolecular Hbond substituents is 2. The fourth-order valence-electron chi connectivity index (χ4n) is 5.11. The van der Waals surface area contributed by atoms with Gasteiger partial charge in [-0.1, -0.05) is 36.3 Å². The maximum Gasteiger partial charge on any atom is 0.352 e. The zero-order valence-electron chi connectivity index (χ0n) is 30.9. The van der Waals surface area contributed by atoms with Crippen LogP contribution in [0.15, 0.2) is 69.2 Å². The molecule has 1 aromatic heterocycles. The molecule has 1 saturated heterocycles. The number of unbranched alkanes of at least 4 members (excludes halogenated alkanes) is 1. The molecule has 1 unspecified atom stereocenters. The largest absolute Gasteiger partial charge is 0.504 e. The van der Waals surface area contributed by atoms with Gasteiger partial charge in [0.1, 0.15) is 35.5 Å². The molecule has 56 heavy (non-hydrogen) atoms. The third kappa shape index (κ3) is 10.4. The number of amides is 3. The zero-order valence-corrected chi connectivity index (χ0v) is 32.6. The van der Waals surface area contributed by atoms with Crippen LogP contribution in [0.3, 0.4) is 0 Å². The number of carboxylic acid groups (broad SMARTS) is 2. The van der Waals surface area contributed by atoms with Gasteiger partial charge in [-0.2, -0.15) is 0 Å². The molecular formula is C35H44N9O10S2+. The van der Waals surface area contributed by atoms with Crippen LogP contribution < -0.4 is 32.0 Å². The summed E-state index contributed by atoms with van der Waals surface area (Å²) in [6.45, 7) is 6.44. The highest BCUT2D eigenvalue weighted by Crippen LogP contribution is 2.40. The van der Waals surface area contributed by atoms with E-state index in [4.69, 9.17) is 16.3 Å². The molecule has 3 heterocycles. The molecule has 2 aliphatic heterocycles. The maximum absolute atomic E-state index is 13.6. The average Bonchev–Trinajstić information content (AvgIpc) is 3.15. The summed E-state index contributed by atoms with van der Waals surface area (Å²) in [4.78, 5) is 74.1. The minimum Gasteiger partial charge on any atom is -0.504 e. The van der Waals surface area contributed by atoms with Crippen molar-refractivity contribution < 1.29 is 53.8 Å². The van der Waals surface area contributed by atoms with Crippen molar-refractivity contribution in [2.24, 2.45) is 10.9 Å². The number of β-lactam (4-membered cyclic amide) rings is 1. The number of aliphatic carboxylic acids is 2. The van der Waals surface area contributed by atoms with Gasteiger partial charge in [0.05, 0.1) is 5.03 Å². The molecular weight excluding hydrogens is 771 g/mol. The van der Waals surface area contributed by atoms with Crippen LogP contribution in [0.2, 0.25) is 0 Å². The van der Waals surface area contributed by atoms with Gasteiger partial charge in [0, 0.05) is 30.0 Å². The summed E-state index contributed by atoms with van der Waals surface area (Å²) in [5.41, 5.74) is 10.9. The number of carbonyl (C=O) groups is 5. The summed E-state index contributed by atoms with van der Waals surface area (Å²) in [6, 6.07) is 2.56. The lowest BCUT2D eigenvalue weighted by molar-refractivity contribution is -0.691. The topological polar surface area (TPSA) is 296 Å². The molecule has 19 nitrogen and oxygen atoms in total. The van der Waals surface area contributed by atoms with Crippen molar-refractivity contribution in [2.75, 3.05) is 29.9 Å². The molecule has 2 atom stereocenters. The molecule has 21 heteroatoms. The SMILES string of the molecule is CCC/C=C(\N)S/C=C(C)/C(=N/OC(C)(C)C(=O)O)C(=O)N[C@@H]1C(=O)N2C(C(=O)O)=C(C[n+]3cnc(N)c(NCCNC(=O)c4ccc(O)c(O)c4)c3)CSC12. The molecule has 2 aliphatic rings. The van der Waals surface area contributed by atoms with Gasteiger partial charge in [0.25, 0.3) is 29.9 Å². The molecule has 2 aromatic rings. The number of rotatable bonds is 18. The lowest BCUT2D eigenvalue weighted by atomic mass is 10.0. The number of benzene rings is 1. The van der Waals surface area contributed by atoms with Crippen LogP contribution in [0.1, 0.15) is 50.9 Å². The van der Waals surface area contributed by atoms with Crippen molar-refractivity contribution in [2.45, 2.75) is 64.1 Å². The number of nitrogens with two attached hydrogens (primary N) is 2. The van der Waals surface area contributed by atoms with Gasteiger partial charge in [0.15, 0.2) is 17.2 Å².